The number of anilines is 1. The molecule has 1 amide bonds. The van der Waals surface area contributed by atoms with Gasteiger partial charge in [0.15, 0.2) is 0 Å². The third-order valence-corrected chi connectivity index (χ3v) is 7.36. The molecule has 4 rings (SSSR count). The Morgan fingerprint density at radius 2 is 1.61 bits per heavy atom. The summed E-state index contributed by atoms with van der Waals surface area (Å²) in [5.74, 6) is 1.08. The number of rotatable bonds is 14. The first kappa shape index (κ1) is 27.5. The maximum atomic E-state index is 12.8. The highest BCUT2D eigenvalue weighted by molar-refractivity contribution is 7.09. The van der Waals surface area contributed by atoms with Crippen LogP contribution in [0.1, 0.15) is 46.8 Å². The molecule has 4 aromatic rings. The van der Waals surface area contributed by atoms with Crippen molar-refractivity contribution in [2.45, 2.75) is 32.1 Å². The average molecular weight is 529 g/mol. The van der Waals surface area contributed by atoms with Gasteiger partial charge in [-0.25, -0.2) is 4.98 Å². The van der Waals surface area contributed by atoms with Crippen molar-refractivity contribution < 1.29 is 9.53 Å². The SMILES string of the molecule is COCCN(CCC(=O)NCCC(c1ccccc1)c1ccccc1)c1nc(Cc2ccc(C)cc2)ns1. The minimum Gasteiger partial charge on any atom is -0.383 e. The molecule has 7 heteroatoms. The molecule has 0 aliphatic heterocycles. The molecule has 0 radical (unpaired) electrons. The van der Waals surface area contributed by atoms with Crippen molar-refractivity contribution in [1.29, 1.82) is 0 Å². The van der Waals surface area contributed by atoms with E-state index in [0.717, 1.165) is 17.4 Å². The maximum absolute atomic E-state index is 12.8. The molecule has 0 unspecified atom stereocenters. The summed E-state index contributed by atoms with van der Waals surface area (Å²) in [6.07, 6.45) is 1.92. The molecule has 0 atom stereocenters. The van der Waals surface area contributed by atoms with E-state index in [0.29, 0.717) is 39.1 Å². The van der Waals surface area contributed by atoms with Gasteiger partial charge in [-0.2, -0.15) is 4.37 Å². The molecule has 3 aromatic carbocycles. The van der Waals surface area contributed by atoms with E-state index in [4.69, 9.17) is 9.72 Å². The van der Waals surface area contributed by atoms with E-state index in [-0.39, 0.29) is 11.8 Å². The van der Waals surface area contributed by atoms with Gasteiger partial charge in [0.2, 0.25) is 11.0 Å². The summed E-state index contributed by atoms with van der Waals surface area (Å²) in [6.45, 7) is 4.48. The van der Waals surface area contributed by atoms with E-state index >= 15 is 0 Å². The molecule has 1 N–H and O–H groups in total. The van der Waals surface area contributed by atoms with Crippen LogP contribution in [0.5, 0.6) is 0 Å². The molecule has 0 fully saturated rings. The Labute approximate surface area is 229 Å². The topological polar surface area (TPSA) is 67.3 Å². The number of carbonyl (C=O) groups excluding carboxylic acids is 1. The Morgan fingerprint density at radius 1 is 0.947 bits per heavy atom. The lowest BCUT2D eigenvalue weighted by Gasteiger charge is -2.21. The van der Waals surface area contributed by atoms with E-state index in [9.17, 15) is 4.79 Å². The van der Waals surface area contributed by atoms with Crippen LogP contribution >= 0.6 is 11.5 Å². The Kier molecular flexibility index (Phi) is 10.4. The van der Waals surface area contributed by atoms with Gasteiger partial charge in [0, 0.05) is 57.0 Å². The Hall–Kier alpha value is -3.55. The number of aryl methyl sites for hydroxylation is 1. The van der Waals surface area contributed by atoms with Crippen LogP contribution in [0.15, 0.2) is 84.9 Å². The summed E-state index contributed by atoms with van der Waals surface area (Å²) < 4.78 is 9.87. The molecule has 0 aliphatic rings. The zero-order valence-electron chi connectivity index (χ0n) is 22.2. The molecule has 0 bridgehead atoms. The minimum atomic E-state index is 0.0386. The van der Waals surface area contributed by atoms with Gasteiger partial charge < -0.3 is 15.0 Å². The van der Waals surface area contributed by atoms with Crippen molar-refractivity contribution in [1.82, 2.24) is 14.7 Å². The first-order valence-corrected chi connectivity index (χ1v) is 13.9. The third-order valence-electron chi connectivity index (χ3n) is 6.54. The fourth-order valence-corrected chi connectivity index (χ4v) is 5.15. The minimum absolute atomic E-state index is 0.0386. The van der Waals surface area contributed by atoms with Crippen LogP contribution in [0.3, 0.4) is 0 Å². The van der Waals surface area contributed by atoms with Crippen LogP contribution < -0.4 is 10.2 Å². The molecule has 6 nitrogen and oxygen atoms in total. The monoisotopic (exact) mass is 528 g/mol. The fraction of sp³-hybridized carbons (Fsp3) is 0.323. The van der Waals surface area contributed by atoms with Crippen LogP contribution in [0, 0.1) is 6.92 Å². The van der Waals surface area contributed by atoms with Crippen LogP contribution in [-0.4, -0.2) is 48.6 Å². The maximum Gasteiger partial charge on any atom is 0.221 e. The average Bonchev–Trinajstić information content (AvgIpc) is 3.41. The first-order chi connectivity index (χ1) is 18.6. The van der Waals surface area contributed by atoms with Gasteiger partial charge in [0.1, 0.15) is 5.82 Å². The van der Waals surface area contributed by atoms with Gasteiger partial charge in [0.05, 0.1) is 6.61 Å². The fourth-order valence-electron chi connectivity index (χ4n) is 4.42. The lowest BCUT2D eigenvalue weighted by atomic mass is 9.88. The molecular weight excluding hydrogens is 492 g/mol. The van der Waals surface area contributed by atoms with Crippen molar-refractivity contribution >= 4 is 22.6 Å². The molecule has 0 saturated heterocycles. The van der Waals surface area contributed by atoms with E-state index < -0.39 is 0 Å². The van der Waals surface area contributed by atoms with Crippen LogP contribution in [0.4, 0.5) is 5.13 Å². The molecule has 198 valence electrons. The Balaban J connectivity index is 1.30. The molecule has 38 heavy (non-hydrogen) atoms. The highest BCUT2D eigenvalue weighted by Crippen LogP contribution is 2.27. The molecule has 0 saturated carbocycles. The number of amides is 1. The third kappa shape index (κ3) is 8.23. The number of aromatic nitrogens is 2. The van der Waals surface area contributed by atoms with E-state index in [2.05, 4.69) is 94.3 Å². The Bertz CT molecular complexity index is 1210. The predicted molar refractivity (Wildman–Crippen MR) is 155 cm³/mol. The van der Waals surface area contributed by atoms with Crippen molar-refractivity contribution in [3.8, 4) is 0 Å². The van der Waals surface area contributed by atoms with Crippen molar-refractivity contribution in [3.63, 3.8) is 0 Å². The first-order valence-electron chi connectivity index (χ1n) is 13.1. The summed E-state index contributed by atoms with van der Waals surface area (Å²) in [5.41, 5.74) is 4.94. The summed E-state index contributed by atoms with van der Waals surface area (Å²) in [5, 5.41) is 3.95. The molecule has 1 heterocycles. The van der Waals surface area contributed by atoms with Gasteiger partial charge in [0.25, 0.3) is 0 Å². The number of nitrogens with one attached hydrogen (secondary N) is 1. The van der Waals surface area contributed by atoms with Crippen molar-refractivity contribution in [3.05, 3.63) is 113 Å². The Morgan fingerprint density at radius 3 is 2.24 bits per heavy atom. The quantitative estimate of drug-likeness (QED) is 0.230. The number of carbonyl (C=O) groups is 1. The molecule has 1 aromatic heterocycles. The molecule has 0 spiro atoms. The van der Waals surface area contributed by atoms with E-state index in [1.807, 2.05) is 12.1 Å². The normalized spacial score (nSPS) is 11.0. The number of nitrogens with zero attached hydrogens (tertiary/aromatic N) is 3. The summed E-state index contributed by atoms with van der Waals surface area (Å²) in [6, 6.07) is 29.4. The summed E-state index contributed by atoms with van der Waals surface area (Å²) in [7, 11) is 1.68. The van der Waals surface area contributed by atoms with Gasteiger partial charge in [-0.05, 0) is 30.0 Å². The zero-order chi connectivity index (χ0) is 26.6. The van der Waals surface area contributed by atoms with E-state index in [1.165, 1.54) is 33.8 Å². The van der Waals surface area contributed by atoms with E-state index in [1.54, 1.807) is 7.11 Å². The second-order valence-electron chi connectivity index (χ2n) is 9.40. The smallest absolute Gasteiger partial charge is 0.221 e. The van der Waals surface area contributed by atoms with Crippen LogP contribution in [0.2, 0.25) is 0 Å². The van der Waals surface area contributed by atoms with Crippen LogP contribution in [0.25, 0.3) is 0 Å². The number of ether oxygens (including phenoxy) is 1. The second kappa shape index (κ2) is 14.4. The second-order valence-corrected chi connectivity index (χ2v) is 10.1. The largest absolute Gasteiger partial charge is 0.383 e. The van der Waals surface area contributed by atoms with Crippen molar-refractivity contribution in [2.24, 2.45) is 0 Å². The van der Waals surface area contributed by atoms with Crippen LogP contribution in [-0.2, 0) is 16.0 Å². The highest BCUT2D eigenvalue weighted by Gasteiger charge is 2.16. The number of benzene rings is 3. The predicted octanol–water partition coefficient (Wildman–Crippen LogP) is 5.62. The standard InChI is InChI=1S/C31H36N4O2S/c1-24-13-15-25(16-14-24)23-29-33-31(38-34-29)35(21-22-37-2)20-18-30(36)32-19-17-28(26-9-5-3-6-10-26)27-11-7-4-8-12-27/h3-16,28H,17-23H2,1-2H3,(H,32,36). The number of methoxy groups -OCH3 is 1. The lowest BCUT2D eigenvalue weighted by Crippen LogP contribution is -2.33. The molecule has 0 aliphatic carbocycles. The highest BCUT2D eigenvalue weighted by atomic mass is 32.1. The number of hydrogen-bond acceptors (Lipinski definition) is 6. The zero-order valence-corrected chi connectivity index (χ0v) is 23.0. The van der Waals surface area contributed by atoms with Gasteiger partial charge in [-0.15, -0.1) is 0 Å². The van der Waals surface area contributed by atoms with Gasteiger partial charge >= 0.3 is 0 Å². The van der Waals surface area contributed by atoms with Gasteiger partial charge in [-0.3, -0.25) is 4.79 Å². The number of hydrogen-bond donors (Lipinski definition) is 1. The molecular formula is C31H36N4O2S. The lowest BCUT2D eigenvalue weighted by molar-refractivity contribution is -0.120. The summed E-state index contributed by atoms with van der Waals surface area (Å²) in [4.78, 5) is 19.6. The summed E-state index contributed by atoms with van der Waals surface area (Å²) >= 11 is 1.38. The van der Waals surface area contributed by atoms with Crippen molar-refractivity contribution in [2.75, 3.05) is 38.3 Å². The van der Waals surface area contributed by atoms with Gasteiger partial charge in [-0.1, -0.05) is 90.5 Å².